The lowest BCUT2D eigenvalue weighted by molar-refractivity contribution is -0.145. The van der Waals surface area contributed by atoms with Crippen LogP contribution < -0.4 is 5.32 Å². The molecule has 236 valence electrons. The van der Waals surface area contributed by atoms with Crippen molar-refractivity contribution in [1.82, 2.24) is 9.88 Å². The number of ketones is 1. The number of carbonyl (C=O) groups excluding carboxylic acids is 2. The Morgan fingerprint density at radius 1 is 0.723 bits per heavy atom. The highest BCUT2D eigenvalue weighted by atomic mass is 19.4. The number of fused-ring (bicyclic) bond motifs is 1. The fraction of sp³-hybridized carbons (Fsp3) is 0.128. The maximum absolute atomic E-state index is 13.8. The number of ether oxygens (including phenoxy) is 1. The molecule has 6 aromatic rings. The summed E-state index contributed by atoms with van der Waals surface area (Å²) in [7, 11) is 0. The summed E-state index contributed by atoms with van der Waals surface area (Å²) in [5, 5.41) is 3.90. The van der Waals surface area contributed by atoms with Crippen molar-refractivity contribution in [2.24, 2.45) is 0 Å². The first-order chi connectivity index (χ1) is 22.8. The SMILES string of the molecule is O=C(COC(=O)C(NCc1cccc(C(F)(F)F)c1)c1cn(Cc2ccccc2)c2ccccc12)c1ccc(-c2ccccc2)cc1. The molecule has 0 radical (unpaired) electrons. The number of nitrogens with zero attached hydrogens (tertiary/aromatic N) is 1. The average molecular weight is 633 g/mol. The molecule has 0 amide bonds. The van der Waals surface area contributed by atoms with Crippen LogP contribution in [0.15, 0.2) is 140 Å². The van der Waals surface area contributed by atoms with E-state index >= 15 is 0 Å². The summed E-state index contributed by atoms with van der Waals surface area (Å²) >= 11 is 0. The number of hydrogen-bond acceptors (Lipinski definition) is 4. The number of alkyl halides is 3. The van der Waals surface area contributed by atoms with Crippen LogP contribution in [0.4, 0.5) is 13.2 Å². The number of Topliss-reactive ketones (excluding diaryl/α,β-unsaturated/α-hetero) is 1. The van der Waals surface area contributed by atoms with Gasteiger partial charge in [0.2, 0.25) is 0 Å². The second kappa shape index (κ2) is 13.9. The van der Waals surface area contributed by atoms with E-state index in [1.165, 1.54) is 6.07 Å². The molecule has 8 heteroatoms. The Labute approximate surface area is 270 Å². The molecule has 47 heavy (non-hydrogen) atoms. The Bertz CT molecular complexity index is 1990. The van der Waals surface area contributed by atoms with Gasteiger partial charge in [0.15, 0.2) is 12.4 Å². The van der Waals surface area contributed by atoms with Crippen molar-refractivity contribution in [3.8, 4) is 11.1 Å². The molecular weight excluding hydrogens is 601 g/mol. The normalized spacial score (nSPS) is 12.1. The van der Waals surface area contributed by atoms with Crippen molar-refractivity contribution in [3.05, 3.63) is 167 Å². The Balaban J connectivity index is 1.26. The van der Waals surface area contributed by atoms with E-state index < -0.39 is 30.4 Å². The van der Waals surface area contributed by atoms with Crippen LogP contribution in [0.1, 0.15) is 38.7 Å². The molecule has 1 heterocycles. The lowest BCUT2D eigenvalue weighted by atomic mass is 10.0. The minimum absolute atomic E-state index is 0.0449. The van der Waals surface area contributed by atoms with Gasteiger partial charge in [0, 0.05) is 41.3 Å². The van der Waals surface area contributed by atoms with Gasteiger partial charge in [-0.1, -0.05) is 121 Å². The third kappa shape index (κ3) is 7.51. The van der Waals surface area contributed by atoms with Gasteiger partial charge in [-0.3, -0.25) is 10.1 Å². The van der Waals surface area contributed by atoms with E-state index in [9.17, 15) is 22.8 Å². The number of aromatic nitrogens is 1. The molecule has 0 saturated heterocycles. The van der Waals surface area contributed by atoms with Crippen LogP contribution in [0.5, 0.6) is 0 Å². The molecule has 1 unspecified atom stereocenters. The van der Waals surface area contributed by atoms with Crippen LogP contribution in [0, 0.1) is 0 Å². The minimum Gasteiger partial charge on any atom is -0.456 e. The van der Waals surface area contributed by atoms with Crippen LogP contribution in [0.25, 0.3) is 22.0 Å². The third-order valence-electron chi connectivity index (χ3n) is 7.99. The van der Waals surface area contributed by atoms with Gasteiger partial charge < -0.3 is 9.30 Å². The van der Waals surface area contributed by atoms with Gasteiger partial charge in [0.25, 0.3) is 0 Å². The van der Waals surface area contributed by atoms with Crippen LogP contribution >= 0.6 is 0 Å². The zero-order chi connectivity index (χ0) is 32.8. The molecule has 0 saturated carbocycles. The van der Waals surface area contributed by atoms with Gasteiger partial charge in [-0.05, 0) is 34.4 Å². The highest BCUT2D eigenvalue weighted by molar-refractivity contribution is 5.99. The number of rotatable bonds is 11. The molecule has 0 aliphatic heterocycles. The van der Waals surface area contributed by atoms with E-state index in [0.717, 1.165) is 39.7 Å². The Morgan fingerprint density at radius 2 is 1.36 bits per heavy atom. The molecule has 0 aliphatic rings. The van der Waals surface area contributed by atoms with E-state index in [1.807, 2.05) is 108 Å². The molecular formula is C39H31F3N2O3. The molecule has 1 atom stereocenters. The topological polar surface area (TPSA) is 60.3 Å². The predicted molar refractivity (Wildman–Crippen MR) is 176 cm³/mol. The lowest BCUT2D eigenvalue weighted by Gasteiger charge is -2.18. The fourth-order valence-corrected chi connectivity index (χ4v) is 5.60. The van der Waals surface area contributed by atoms with E-state index in [1.54, 1.807) is 18.2 Å². The zero-order valence-electron chi connectivity index (χ0n) is 25.3. The molecule has 0 bridgehead atoms. The van der Waals surface area contributed by atoms with Crippen molar-refractivity contribution < 1.29 is 27.5 Å². The first kappa shape index (κ1) is 31.5. The number of para-hydroxylation sites is 1. The number of halogens is 3. The zero-order valence-corrected chi connectivity index (χ0v) is 25.3. The summed E-state index contributed by atoms with van der Waals surface area (Å²) in [5.41, 5.74) is 4.45. The van der Waals surface area contributed by atoms with Crippen LogP contribution in [-0.4, -0.2) is 22.9 Å². The Hall–Kier alpha value is -5.47. The first-order valence-corrected chi connectivity index (χ1v) is 15.1. The third-order valence-corrected chi connectivity index (χ3v) is 7.99. The van der Waals surface area contributed by atoms with Gasteiger partial charge >= 0.3 is 12.1 Å². The summed E-state index contributed by atoms with van der Waals surface area (Å²) in [6.07, 6.45) is -2.65. The largest absolute Gasteiger partial charge is 0.456 e. The summed E-state index contributed by atoms with van der Waals surface area (Å²) in [5.74, 6) is -1.09. The minimum atomic E-state index is -4.50. The van der Waals surface area contributed by atoms with E-state index in [0.29, 0.717) is 23.2 Å². The highest BCUT2D eigenvalue weighted by Gasteiger charge is 2.31. The predicted octanol–water partition coefficient (Wildman–Crippen LogP) is 8.63. The van der Waals surface area contributed by atoms with E-state index in [4.69, 9.17) is 4.74 Å². The van der Waals surface area contributed by atoms with Gasteiger partial charge in [0.05, 0.1) is 5.56 Å². The maximum Gasteiger partial charge on any atom is 0.416 e. The maximum atomic E-state index is 13.8. The van der Waals surface area contributed by atoms with Crippen LogP contribution in [0.2, 0.25) is 0 Å². The summed E-state index contributed by atoms with van der Waals surface area (Å²) in [6, 6.07) is 38.1. The number of carbonyl (C=O) groups is 2. The molecule has 0 spiro atoms. The number of benzene rings is 5. The number of esters is 1. The Kier molecular flexibility index (Phi) is 9.31. The van der Waals surface area contributed by atoms with Crippen molar-refractivity contribution in [1.29, 1.82) is 0 Å². The van der Waals surface area contributed by atoms with Crippen LogP contribution in [0.3, 0.4) is 0 Å². The van der Waals surface area contributed by atoms with Crippen molar-refractivity contribution >= 4 is 22.7 Å². The van der Waals surface area contributed by atoms with Gasteiger partial charge in [-0.25, -0.2) is 4.79 Å². The molecule has 5 aromatic carbocycles. The van der Waals surface area contributed by atoms with Crippen molar-refractivity contribution in [2.75, 3.05) is 6.61 Å². The number of nitrogens with one attached hydrogen (secondary N) is 1. The van der Waals surface area contributed by atoms with Crippen molar-refractivity contribution in [3.63, 3.8) is 0 Å². The molecule has 1 aromatic heterocycles. The Morgan fingerprint density at radius 3 is 2.09 bits per heavy atom. The quantitative estimate of drug-likeness (QED) is 0.115. The highest BCUT2D eigenvalue weighted by Crippen LogP contribution is 2.31. The van der Waals surface area contributed by atoms with Crippen molar-refractivity contribution in [2.45, 2.75) is 25.3 Å². The van der Waals surface area contributed by atoms with Crippen LogP contribution in [-0.2, 0) is 28.8 Å². The van der Waals surface area contributed by atoms with E-state index in [2.05, 4.69) is 5.32 Å². The standard InChI is InChI=1S/C39H31F3N2O3/c40-39(41,42)32-15-9-12-28(22-32)23-43-37(34-25-44(24-27-10-3-1-4-11-27)35-17-8-7-16-33(34)35)38(46)47-26-36(45)31-20-18-30(19-21-31)29-13-5-2-6-14-29/h1-22,25,37,43H,23-24,26H2. The molecule has 6 rings (SSSR count). The van der Waals surface area contributed by atoms with Gasteiger partial charge in [0.1, 0.15) is 6.04 Å². The lowest BCUT2D eigenvalue weighted by Crippen LogP contribution is -2.31. The fourth-order valence-electron chi connectivity index (χ4n) is 5.60. The summed E-state index contributed by atoms with van der Waals surface area (Å²) in [4.78, 5) is 26.8. The monoisotopic (exact) mass is 632 g/mol. The number of hydrogen-bond donors (Lipinski definition) is 1. The smallest absolute Gasteiger partial charge is 0.416 e. The summed E-state index contributed by atoms with van der Waals surface area (Å²) in [6.45, 7) is -0.00109. The first-order valence-electron chi connectivity index (χ1n) is 15.1. The second-order valence-electron chi connectivity index (χ2n) is 11.2. The molecule has 1 N–H and O–H groups in total. The van der Waals surface area contributed by atoms with Gasteiger partial charge in [-0.15, -0.1) is 0 Å². The van der Waals surface area contributed by atoms with E-state index in [-0.39, 0.29) is 12.3 Å². The summed E-state index contributed by atoms with van der Waals surface area (Å²) < 4.78 is 47.8. The average Bonchev–Trinajstić information content (AvgIpc) is 3.45. The second-order valence-corrected chi connectivity index (χ2v) is 11.2. The molecule has 0 aliphatic carbocycles. The molecule has 0 fully saturated rings. The van der Waals surface area contributed by atoms with Gasteiger partial charge in [-0.2, -0.15) is 13.2 Å². The molecule has 5 nitrogen and oxygen atoms in total.